The van der Waals surface area contributed by atoms with Crippen LogP contribution < -0.4 is 0 Å². The van der Waals surface area contributed by atoms with Crippen molar-refractivity contribution in [1.82, 2.24) is 0 Å². The van der Waals surface area contributed by atoms with Crippen LogP contribution in [-0.2, 0) is 9.53 Å². The molecule has 0 atom stereocenters. The third-order valence-corrected chi connectivity index (χ3v) is 3.10. The minimum absolute atomic E-state index is 0.306. The zero-order valence-electron chi connectivity index (χ0n) is 9.92. The summed E-state index contributed by atoms with van der Waals surface area (Å²) in [4.78, 5) is 11.7. The molecule has 0 radical (unpaired) electrons. The van der Waals surface area contributed by atoms with Crippen molar-refractivity contribution in [3.63, 3.8) is 0 Å². The lowest BCUT2D eigenvalue weighted by Gasteiger charge is -2.20. The summed E-state index contributed by atoms with van der Waals surface area (Å²) >= 11 is 0. The van der Waals surface area contributed by atoms with E-state index in [1.807, 2.05) is 6.08 Å². The first-order chi connectivity index (χ1) is 7.26. The highest BCUT2D eigenvalue weighted by Gasteiger charge is 2.16. The highest BCUT2D eigenvalue weighted by molar-refractivity contribution is 5.90. The van der Waals surface area contributed by atoms with Gasteiger partial charge in [0, 0.05) is 19.6 Å². The van der Waals surface area contributed by atoms with Crippen LogP contribution >= 0.6 is 0 Å². The molecule has 1 aliphatic rings. The van der Waals surface area contributed by atoms with Crippen LogP contribution in [0.25, 0.3) is 0 Å². The number of carbonyl (C=O) groups is 1. The first-order valence-electron chi connectivity index (χ1n) is 6.06. The number of allylic oxidation sites excluding steroid dienone is 2. The Morgan fingerprint density at radius 3 is 2.40 bits per heavy atom. The standard InChI is InChI=1S/C13H22O2/c1-3-11(4-2)9-13(14)10-12-5-7-15-8-6-12/h9,12H,3-8,10H2,1-2H3. The molecule has 0 aliphatic carbocycles. The van der Waals surface area contributed by atoms with Gasteiger partial charge in [0.15, 0.2) is 5.78 Å². The summed E-state index contributed by atoms with van der Waals surface area (Å²) in [5.41, 5.74) is 1.27. The number of ketones is 1. The maximum atomic E-state index is 11.7. The molecule has 0 N–H and O–H groups in total. The van der Waals surface area contributed by atoms with E-state index in [0.717, 1.165) is 38.9 Å². The molecule has 0 aromatic carbocycles. The Bertz CT molecular complexity index is 219. The molecule has 0 bridgehead atoms. The number of hydrogen-bond donors (Lipinski definition) is 0. The molecular weight excluding hydrogens is 188 g/mol. The highest BCUT2D eigenvalue weighted by atomic mass is 16.5. The smallest absolute Gasteiger partial charge is 0.155 e. The summed E-state index contributed by atoms with van der Waals surface area (Å²) in [6.07, 6.45) is 6.66. The van der Waals surface area contributed by atoms with Gasteiger partial charge in [-0.3, -0.25) is 4.79 Å². The van der Waals surface area contributed by atoms with Gasteiger partial charge in [0.25, 0.3) is 0 Å². The van der Waals surface area contributed by atoms with Gasteiger partial charge in [0.05, 0.1) is 0 Å². The predicted molar refractivity (Wildman–Crippen MR) is 61.8 cm³/mol. The lowest BCUT2D eigenvalue weighted by molar-refractivity contribution is -0.116. The molecule has 0 spiro atoms. The molecule has 0 aromatic rings. The summed E-state index contributed by atoms with van der Waals surface area (Å²) in [5.74, 6) is 0.859. The Balaban J connectivity index is 2.36. The fourth-order valence-corrected chi connectivity index (χ4v) is 1.98. The molecule has 0 unspecified atom stereocenters. The second-order valence-electron chi connectivity index (χ2n) is 4.24. The van der Waals surface area contributed by atoms with Gasteiger partial charge in [-0.25, -0.2) is 0 Å². The maximum Gasteiger partial charge on any atom is 0.155 e. The van der Waals surface area contributed by atoms with Gasteiger partial charge in [0.2, 0.25) is 0 Å². The summed E-state index contributed by atoms with van der Waals surface area (Å²) in [7, 11) is 0. The predicted octanol–water partition coefficient (Wildman–Crippen LogP) is 3.12. The summed E-state index contributed by atoms with van der Waals surface area (Å²) < 4.78 is 5.28. The minimum Gasteiger partial charge on any atom is -0.381 e. The number of ether oxygens (including phenoxy) is 1. The van der Waals surface area contributed by atoms with Crippen LogP contribution in [0.15, 0.2) is 11.6 Å². The Kier molecular flexibility index (Phi) is 5.62. The third kappa shape index (κ3) is 4.61. The zero-order chi connectivity index (χ0) is 11.1. The van der Waals surface area contributed by atoms with Gasteiger partial charge in [-0.05, 0) is 37.7 Å². The molecule has 1 heterocycles. The van der Waals surface area contributed by atoms with Gasteiger partial charge < -0.3 is 4.74 Å². The van der Waals surface area contributed by atoms with E-state index in [9.17, 15) is 4.79 Å². The van der Waals surface area contributed by atoms with E-state index >= 15 is 0 Å². The molecule has 1 fully saturated rings. The van der Waals surface area contributed by atoms with Gasteiger partial charge in [-0.2, -0.15) is 0 Å². The molecule has 2 nitrogen and oxygen atoms in total. The van der Waals surface area contributed by atoms with Crippen molar-refractivity contribution in [2.45, 2.75) is 46.0 Å². The number of rotatable bonds is 5. The maximum absolute atomic E-state index is 11.7. The van der Waals surface area contributed by atoms with E-state index in [0.29, 0.717) is 18.1 Å². The van der Waals surface area contributed by atoms with Crippen molar-refractivity contribution in [1.29, 1.82) is 0 Å². The van der Waals surface area contributed by atoms with Gasteiger partial charge in [0.1, 0.15) is 0 Å². The van der Waals surface area contributed by atoms with E-state index in [1.165, 1.54) is 5.57 Å². The third-order valence-electron chi connectivity index (χ3n) is 3.10. The van der Waals surface area contributed by atoms with Crippen LogP contribution in [0.5, 0.6) is 0 Å². The quantitative estimate of drug-likeness (QED) is 0.652. The normalized spacial score (nSPS) is 17.5. The second-order valence-corrected chi connectivity index (χ2v) is 4.24. The Morgan fingerprint density at radius 1 is 1.27 bits per heavy atom. The largest absolute Gasteiger partial charge is 0.381 e. The van der Waals surface area contributed by atoms with Crippen LogP contribution in [-0.4, -0.2) is 19.0 Å². The fraction of sp³-hybridized carbons (Fsp3) is 0.769. The summed E-state index contributed by atoms with van der Waals surface area (Å²) in [6, 6.07) is 0. The van der Waals surface area contributed by atoms with E-state index in [4.69, 9.17) is 4.74 Å². The van der Waals surface area contributed by atoms with E-state index in [2.05, 4.69) is 13.8 Å². The zero-order valence-corrected chi connectivity index (χ0v) is 9.92. The van der Waals surface area contributed by atoms with Gasteiger partial charge in [-0.15, -0.1) is 0 Å². The second kappa shape index (κ2) is 6.78. The van der Waals surface area contributed by atoms with Crippen LogP contribution in [0.2, 0.25) is 0 Å². The first-order valence-corrected chi connectivity index (χ1v) is 6.06. The lowest BCUT2D eigenvalue weighted by atomic mass is 9.93. The van der Waals surface area contributed by atoms with Crippen molar-refractivity contribution < 1.29 is 9.53 Å². The van der Waals surface area contributed by atoms with E-state index in [1.54, 1.807) is 0 Å². The first kappa shape index (κ1) is 12.4. The molecule has 1 saturated heterocycles. The van der Waals surface area contributed by atoms with Crippen LogP contribution in [0.1, 0.15) is 46.0 Å². The Labute approximate surface area is 92.7 Å². The SMILES string of the molecule is CCC(=CC(=O)CC1CCOCC1)CC. The van der Waals surface area contributed by atoms with Crippen LogP contribution in [0.3, 0.4) is 0 Å². The average molecular weight is 210 g/mol. The minimum atomic E-state index is 0.306. The summed E-state index contributed by atoms with van der Waals surface area (Å²) in [6.45, 7) is 5.88. The van der Waals surface area contributed by atoms with Gasteiger partial charge in [-0.1, -0.05) is 19.4 Å². The highest BCUT2D eigenvalue weighted by Crippen LogP contribution is 2.19. The van der Waals surface area contributed by atoms with Crippen molar-refractivity contribution in [2.75, 3.05) is 13.2 Å². The monoisotopic (exact) mass is 210 g/mol. The number of hydrogen-bond acceptors (Lipinski definition) is 2. The van der Waals surface area contributed by atoms with E-state index in [-0.39, 0.29) is 0 Å². The molecule has 2 heteroatoms. The fourth-order valence-electron chi connectivity index (χ4n) is 1.98. The Morgan fingerprint density at radius 2 is 1.87 bits per heavy atom. The Hall–Kier alpha value is -0.630. The van der Waals surface area contributed by atoms with Crippen molar-refractivity contribution >= 4 is 5.78 Å². The molecule has 0 amide bonds. The molecular formula is C13H22O2. The summed E-state index contributed by atoms with van der Waals surface area (Å²) in [5, 5.41) is 0. The van der Waals surface area contributed by atoms with Crippen molar-refractivity contribution in [3.05, 3.63) is 11.6 Å². The van der Waals surface area contributed by atoms with Crippen molar-refractivity contribution in [3.8, 4) is 0 Å². The molecule has 86 valence electrons. The molecule has 0 aromatic heterocycles. The number of carbonyl (C=O) groups excluding carboxylic acids is 1. The van der Waals surface area contributed by atoms with Crippen LogP contribution in [0.4, 0.5) is 0 Å². The molecule has 15 heavy (non-hydrogen) atoms. The molecule has 1 rings (SSSR count). The average Bonchev–Trinajstić information content (AvgIpc) is 2.27. The lowest BCUT2D eigenvalue weighted by Crippen LogP contribution is -2.18. The topological polar surface area (TPSA) is 26.3 Å². The van der Waals surface area contributed by atoms with Gasteiger partial charge >= 0.3 is 0 Å². The van der Waals surface area contributed by atoms with E-state index < -0.39 is 0 Å². The molecule has 0 saturated carbocycles. The van der Waals surface area contributed by atoms with Crippen LogP contribution in [0, 0.1) is 5.92 Å². The van der Waals surface area contributed by atoms with Crippen molar-refractivity contribution in [2.24, 2.45) is 5.92 Å². The molecule has 1 aliphatic heterocycles.